The Hall–Kier alpha value is -2.96. The van der Waals surface area contributed by atoms with Crippen LogP contribution in [0.25, 0.3) is 0 Å². The third-order valence-corrected chi connectivity index (χ3v) is 5.66. The van der Waals surface area contributed by atoms with E-state index in [-0.39, 0.29) is 17.7 Å². The molecule has 1 atom stereocenters. The smallest absolute Gasteiger partial charge is 0.257 e. The van der Waals surface area contributed by atoms with E-state index in [1.165, 1.54) is 0 Å². The molecule has 29 heavy (non-hydrogen) atoms. The van der Waals surface area contributed by atoms with Crippen molar-refractivity contribution >= 4 is 11.8 Å². The van der Waals surface area contributed by atoms with Crippen LogP contribution in [0, 0.1) is 0 Å². The zero-order valence-corrected chi connectivity index (χ0v) is 16.9. The van der Waals surface area contributed by atoms with Crippen LogP contribution in [0.4, 0.5) is 0 Å². The molecule has 3 heterocycles. The van der Waals surface area contributed by atoms with Gasteiger partial charge in [0, 0.05) is 57.2 Å². The van der Waals surface area contributed by atoms with Crippen molar-refractivity contribution in [1.29, 1.82) is 0 Å². The van der Waals surface area contributed by atoms with Gasteiger partial charge in [0.05, 0.1) is 17.9 Å². The molecule has 0 saturated carbocycles. The summed E-state index contributed by atoms with van der Waals surface area (Å²) in [5.74, 6) is 1.70. The molecule has 2 aliphatic rings. The van der Waals surface area contributed by atoms with Gasteiger partial charge in [0.15, 0.2) is 0 Å². The normalized spacial score (nSPS) is 18.5. The van der Waals surface area contributed by atoms with Crippen molar-refractivity contribution in [1.82, 2.24) is 19.8 Å². The first kappa shape index (κ1) is 19.4. The van der Waals surface area contributed by atoms with Crippen LogP contribution in [0.5, 0.6) is 5.75 Å². The molecular weight excluding hydrogens is 368 g/mol. The maximum Gasteiger partial charge on any atom is 0.257 e. The minimum atomic E-state index is -0.0309. The molecule has 2 amide bonds. The number of benzene rings is 1. The van der Waals surface area contributed by atoms with Crippen molar-refractivity contribution in [3.8, 4) is 5.75 Å². The van der Waals surface area contributed by atoms with Gasteiger partial charge in [-0.05, 0) is 25.5 Å². The average molecular weight is 394 g/mol. The fourth-order valence-corrected chi connectivity index (χ4v) is 4.05. The number of likely N-dealkylation sites (tertiary alicyclic amines) is 1. The van der Waals surface area contributed by atoms with Crippen molar-refractivity contribution in [2.75, 3.05) is 26.2 Å². The molecule has 4 rings (SSSR count). The fraction of sp³-hybridized carbons (Fsp3) is 0.455. The number of amides is 2. The second kappa shape index (κ2) is 8.19. The Morgan fingerprint density at radius 1 is 1.21 bits per heavy atom. The van der Waals surface area contributed by atoms with E-state index < -0.39 is 0 Å². The minimum absolute atomic E-state index is 0.0309. The zero-order chi connectivity index (χ0) is 20.4. The van der Waals surface area contributed by atoms with E-state index in [4.69, 9.17) is 9.72 Å². The van der Waals surface area contributed by atoms with E-state index in [1.54, 1.807) is 6.92 Å². The molecule has 1 fully saturated rings. The summed E-state index contributed by atoms with van der Waals surface area (Å²) < 4.78 is 5.62. The van der Waals surface area contributed by atoms with Crippen LogP contribution in [0.1, 0.15) is 53.6 Å². The van der Waals surface area contributed by atoms with Crippen molar-refractivity contribution < 1.29 is 14.3 Å². The summed E-state index contributed by atoms with van der Waals surface area (Å²) in [5.41, 5.74) is 2.59. The van der Waals surface area contributed by atoms with E-state index in [0.29, 0.717) is 44.0 Å². The van der Waals surface area contributed by atoms with E-state index in [9.17, 15) is 9.59 Å². The number of aromatic nitrogens is 2. The number of fused-ring (bicyclic) bond motifs is 1. The number of carbonyl (C=O) groups is 2. The van der Waals surface area contributed by atoms with Gasteiger partial charge < -0.3 is 14.5 Å². The third kappa shape index (κ3) is 3.95. The lowest BCUT2D eigenvalue weighted by atomic mass is 10.0. The summed E-state index contributed by atoms with van der Waals surface area (Å²) in [6.45, 7) is 6.60. The van der Waals surface area contributed by atoms with Crippen molar-refractivity contribution in [3.63, 3.8) is 0 Å². The molecule has 7 heteroatoms. The number of hydrogen-bond donors (Lipinski definition) is 0. The van der Waals surface area contributed by atoms with Gasteiger partial charge >= 0.3 is 0 Å². The van der Waals surface area contributed by atoms with Gasteiger partial charge in [0.2, 0.25) is 5.91 Å². The van der Waals surface area contributed by atoms with Gasteiger partial charge in [0.25, 0.3) is 5.91 Å². The van der Waals surface area contributed by atoms with E-state index in [0.717, 1.165) is 30.0 Å². The Labute approximate surface area is 170 Å². The predicted octanol–water partition coefficient (Wildman–Crippen LogP) is 2.41. The highest BCUT2D eigenvalue weighted by atomic mass is 16.5. The topological polar surface area (TPSA) is 75.6 Å². The first-order valence-electron chi connectivity index (χ1n) is 10.2. The molecule has 0 N–H and O–H groups in total. The van der Waals surface area contributed by atoms with E-state index in [2.05, 4.69) is 4.98 Å². The Morgan fingerprint density at radius 3 is 2.79 bits per heavy atom. The number of hydrogen-bond acceptors (Lipinski definition) is 5. The van der Waals surface area contributed by atoms with Crippen LogP contribution in [-0.2, 0) is 17.8 Å². The number of para-hydroxylation sites is 1. The lowest BCUT2D eigenvalue weighted by Crippen LogP contribution is -2.37. The summed E-state index contributed by atoms with van der Waals surface area (Å²) >= 11 is 0. The zero-order valence-electron chi connectivity index (χ0n) is 16.9. The molecule has 0 spiro atoms. The van der Waals surface area contributed by atoms with Crippen molar-refractivity contribution in [2.24, 2.45) is 0 Å². The first-order chi connectivity index (χ1) is 14.1. The molecule has 2 aliphatic heterocycles. The number of carbonyl (C=O) groups excluding carboxylic acids is 2. The Balaban J connectivity index is 1.48. The molecule has 152 valence electrons. The number of rotatable bonds is 4. The molecular formula is C22H26N4O3. The lowest BCUT2D eigenvalue weighted by Gasteiger charge is -2.29. The van der Waals surface area contributed by atoms with Gasteiger partial charge in [-0.1, -0.05) is 12.1 Å². The molecule has 1 saturated heterocycles. The van der Waals surface area contributed by atoms with Gasteiger partial charge in [-0.2, -0.15) is 0 Å². The van der Waals surface area contributed by atoms with Gasteiger partial charge in [-0.25, -0.2) is 9.97 Å². The second-order valence-electron chi connectivity index (χ2n) is 7.56. The maximum atomic E-state index is 13.0. The molecule has 1 aromatic heterocycles. The molecule has 0 radical (unpaired) electrons. The van der Waals surface area contributed by atoms with E-state index in [1.807, 2.05) is 47.2 Å². The summed E-state index contributed by atoms with van der Waals surface area (Å²) in [6.07, 6.45) is 3.45. The monoisotopic (exact) mass is 394 g/mol. The van der Waals surface area contributed by atoms with Crippen LogP contribution in [0.2, 0.25) is 0 Å². The third-order valence-electron chi connectivity index (χ3n) is 5.66. The summed E-state index contributed by atoms with van der Waals surface area (Å²) in [6, 6.07) is 7.37. The molecule has 1 aromatic carbocycles. The summed E-state index contributed by atoms with van der Waals surface area (Å²) in [5, 5.41) is 0. The average Bonchev–Trinajstić information content (AvgIpc) is 3.24. The number of ether oxygens (including phenoxy) is 1. The molecule has 1 unspecified atom stereocenters. The Morgan fingerprint density at radius 2 is 2.03 bits per heavy atom. The molecule has 0 aliphatic carbocycles. The summed E-state index contributed by atoms with van der Waals surface area (Å²) in [4.78, 5) is 37.7. The lowest BCUT2D eigenvalue weighted by molar-refractivity contribution is -0.127. The Kier molecular flexibility index (Phi) is 5.47. The van der Waals surface area contributed by atoms with Gasteiger partial charge in [0.1, 0.15) is 11.6 Å². The molecule has 2 aromatic rings. The summed E-state index contributed by atoms with van der Waals surface area (Å²) in [7, 11) is 0. The van der Waals surface area contributed by atoms with Crippen LogP contribution in [0.3, 0.4) is 0 Å². The second-order valence-corrected chi connectivity index (χ2v) is 7.56. The standard InChI is InChI=1S/C22H26N4O3/c1-3-29-20-7-5-4-6-18(20)22(28)26-11-9-19-17(14-26)12-23-21(24-19)16-8-10-25(13-16)15(2)27/h4-7,12,16H,3,8-11,13-14H2,1-2H3. The largest absolute Gasteiger partial charge is 0.493 e. The van der Waals surface area contributed by atoms with Crippen LogP contribution in [0.15, 0.2) is 30.5 Å². The van der Waals surface area contributed by atoms with Crippen LogP contribution in [-0.4, -0.2) is 57.8 Å². The fourth-order valence-electron chi connectivity index (χ4n) is 4.05. The van der Waals surface area contributed by atoms with Gasteiger partial charge in [-0.3, -0.25) is 9.59 Å². The van der Waals surface area contributed by atoms with Crippen molar-refractivity contribution in [3.05, 3.63) is 53.1 Å². The van der Waals surface area contributed by atoms with E-state index >= 15 is 0 Å². The highest BCUT2D eigenvalue weighted by Crippen LogP contribution is 2.28. The van der Waals surface area contributed by atoms with Crippen LogP contribution < -0.4 is 4.74 Å². The quantitative estimate of drug-likeness (QED) is 0.796. The predicted molar refractivity (Wildman–Crippen MR) is 108 cm³/mol. The van der Waals surface area contributed by atoms with Gasteiger partial charge in [-0.15, -0.1) is 0 Å². The Bertz CT molecular complexity index is 930. The highest BCUT2D eigenvalue weighted by Gasteiger charge is 2.30. The highest BCUT2D eigenvalue weighted by molar-refractivity contribution is 5.97. The SMILES string of the molecule is CCOc1ccccc1C(=O)N1CCc2nc(C3CCN(C(C)=O)C3)ncc2C1. The van der Waals surface area contributed by atoms with Crippen molar-refractivity contribution in [2.45, 2.75) is 39.2 Å². The minimum Gasteiger partial charge on any atom is -0.493 e. The maximum absolute atomic E-state index is 13.0. The molecule has 0 bridgehead atoms. The number of nitrogens with zero attached hydrogens (tertiary/aromatic N) is 4. The molecule has 7 nitrogen and oxygen atoms in total. The van der Waals surface area contributed by atoms with Crippen LogP contribution >= 0.6 is 0 Å². The first-order valence-corrected chi connectivity index (χ1v) is 10.2.